The lowest BCUT2D eigenvalue weighted by Crippen LogP contribution is -2.21. The highest BCUT2D eigenvalue weighted by atomic mass is 19.1. The molecule has 2 heteroatoms. The molecule has 0 bridgehead atoms. The van der Waals surface area contributed by atoms with Gasteiger partial charge in [-0.3, -0.25) is 0 Å². The van der Waals surface area contributed by atoms with E-state index in [1.165, 1.54) is 11.6 Å². The fourth-order valence-electron chi connectivity index (χ4n) is 2.42. The summed E-state index contributed by atoms with van der Waals surface area (Å²) in [5, 5.41) is 3.55. The third-order valence-corrected chi connectivity index (χ3v) is 3.63. The Labute approximate surface area is 120 Å². The summed E-state index contributed by atoms with van der Waals surface area (Å²) in [4.78, 5) is 0. The molecule has 0 heterocycles. The van der Waals surface area contributed by atoms with E-state index in [0.717, 1.165) is 24.0 Å². The summed E-state index contributed by atoms with van der Waals surface area (Å²) >= 11 is 0. The molecule has 0 fully saturated rings. The van der Waals surface area contributed by atoms with Crippen LogP contribution in [0.15, 0.2) is 48.5 Å². The van der Waals surface area contributed by atoms with Gasteiger partial charge < -0.3 is 5.32 Å². The van der Waals surface area contributed by atoms with Crippen molar-refractivity contribution < 1.29 is 4.39 Å². The maximum Gasteiger partial charge on any atom is 0.123 e. The first kappa shape index (κ1) is 14.7. The quantitative estimate of drug-likeness (QED) is 0.798. The molecular formula is C18H22FN. The van der Waals surface area contributed by atoms with Gasteiger partial charge in [-0.05, 0) is 42.2 Å². The van der Waals surface area contributed by atoms with Crippen molar-refractivity contribution in [2.75, 3.05) is 0 Å². The molecular weight excluding hydrogens is 249 g/mol. The van der Waals surface area contributed by atoms with Crippen molar-refractivity contribution in [2.45, 2.75) is 39.3 Å². The Morgan fingerprint density at radius 2 is 1.85 bits per heavy atom. The molecule has 1 atom stereocenters. The number of hydrogen-bond donors (Lipinski definition) is 1. The number of hydrogen-bond acceptors (Lipinski definition) is 1. The molecule has 2 rings (SSSR count). The highest BCUT2D eigenvalue weighted by Crippen LogP contribution is 2.19. The summed E-state index contributed by atoms with van der Waals surface area (Å²) < 4.78 is 13.3. The maximum absolute atomic E-state index is 13.3. The molecule has 0 saturated heterocycles. The molecule has 0 radical (unpaired) electrons. The molecule has 0 aliphatic rings. The first-order valence-electron chi connectivity index (χ1n) is 7.24. The van der Waals surface area contributed by atoms with Crippen molar-refractivity contribution in [2.24, 2.45) is 0 Å². The summed E-state index contributed by atoms with van der Waals surface area (Å²) in [6.07, 6.45) is 2.20. The lowest BCUT2D eigenvalue weighted by atomic mass is 10.0. The summed E-state index contributed by atoms with van der Waals surface area (Å²) in [5.41, 5.74) is 3.45. The monoisotopic (exact) mass is 271 g/mol. The van der Waals surface area contributed by atoms with E-state index in [-0.39, 0.29) is 5.82 Å². The van der Waals surface area contributed by atoms with E-state index in [0.29, 0.717) is 12.6 Å². The van der Waals surface area contributed by atoms with E-state index in [1.54, 1.807) is 6.07 Å². The SMILES string of the molecule is CCCC(NCc1cc(F)ccc1C)c1ccccc1. The zero-order valence-corrected chi connectivity index (χ0v) is 12.2. The van der Waals surface area contributed by atoms with Crippen molar-refractivity contribution in [3.8, 4) is 0 Å². The highest BCUT2D eigenvalue weighted by molar-refractivity contribution is 5.27. The Hall–Kier alpha value is -1.67. The van der Waals surface area contributed by atoms with Crippen molar-refractivity contribution in [1.29, 1.82) is 0 Å². The van der Waals surface area contributed by atoms with Crippen molar-refractivity contribution in [3.05, 3.63) is 71.0 Å². The van der Waals surface area contributed by atoms with Crippen LogP contribution in [0.2, 0.25) is 0 Å². The largest absolute Gasteiger partial charge is 0.306 e. The zero-order chi connectivity index (χ0) is 14.4. The fraction of sp³-hybridized carbons (Fsp3) is 0.333. The van der Waals surface area contributed by atoms with Gasteiger partial charge in [0.05, 0.1) is 0 Å². The van der Waals surface area contributed by atoms with Crippen molar-refractivity contribution in [1.82, 2.24) is 5.32 Å². The van der Waals surface area contributed by atoms with Gasteiger partial charge in [-0.25, -0.2) is 4.39 Å². The van der Waals surface area contributed by atoms with E-state index >= 15 is 0 Å². The molecule has 2 aromatic carbocycles. The Bertz CT molecular complexity index is 536. The summed E-state index contributed by atoms with van der Waals surface area (Å²) in [6.45, 7) is 4.90. The molecule has 0 spiro atoms. The molecule has 0 aliphatic heterocycles. The second-order valence-corrected chi connectivity index (χ2v) is 5.20. The van der Waals surface area contributed by atoms with Gasteiger partial charge in [0, 0.05) is 12.6 Å². The molecule has 0 aliphatic carbocycles. The van der Waals surface area contributed by atoms with Crippen LogP contribution in [-0.2, 0) is 6.54 Å². The van der Waals surface area contributed by atoms with Crippen LogP contribution < -0.4 is 5.32 Å². The fourth-order valence-corrected chi connectivity index (χ4v) is 2.42. The van der Waals surface area contributed by atoms with Crippen LogP contribution in [0.4, 0.5) is 4.39 Å². The van der Waals surface area contributed by atoms with Crippen LogP contribution in [0.3, 0.4) is 0 Å². The maximum atomic E-state index is 13.3. The van der Waals surface area contributed by atoms with E-state index in [9.17, 15) is 4.39 Å². The van der Waals surface area contributed by atoms with Gasteiger partial charge in [0.1, 0.15) is 5.82 Å². The second-order valence-electron chi connectivity index (χ2n) is 5.20. The third-order valence-electron chi connectivity index (χ3n) is 3.63. The first-order valence-corrected chi connectivity index (χ1v) is 7.24. The standard InChI is InChI=1S/C18H22FN/c1-3-7-18(15-8-5-4-6-9-15)20-13-16-12-17(19)11-10-14(16)2/h4-6,8-12,18,20H,3,7,13H2,1-2H3. The van der Waals surface area contributed by atoms with Gasteiger partial charge in [0.15, 0.2) is 0 Å². The lowest BCUT2D eigenvalue weighted by molar-refractivity contribution is 0.491. The summed E-state index contributed by atoms with van der Waals surface area (Å²) in [6, 6.07) is 15.7. The topological polar surface area (TPSA) is 12.0 Å². The molecule has 1 nitrogen and oxygen atoms in total. The van der Waals surface area contributed by atoms with Gasteiger partial charge in [0.25, 0.3) is 0 Å². The Kier molecular flexibility index (Phi) is 5.31. The van der Waals surface area contributed by atoms with Gasteiger partial charge in [-0.15, -0.1) is 0 Å². The van der Waals surface area contributed by atoms with Crippen LogP contribution in [0.25, 0.3) is 0 Å². The van der Waals surface area contributed by atoms with Crippen LogP contribution in [-0.4, -0.2) is 0 Å². The Morgan fingerprint density at radius 1 is 1.10 bits per heavy atom. The molecule has 0 amide bonds. The van der Waals surface area contributed by atoms with E-state index in [4.69, 9.17) is 0 Å². The smallest absolute Gasteiger partial charge is 0.123 e. The molecule has 0 saturated carbocycles. The van der Waals surface area contributed by atoms with Gasteiger partial charge in [-0.2, -0.15) is 0 Å². The van der Waals surface area contributed by atoms with E-state index in [1.807, 2.05) is 19.1 Å². The average Bonchev–Trinajstić information content (AvgIpc) is 2.47. The predicted octanol–water partition coefficient (Wildman–Crippen LogP) is 4.77. The number of halogens is 1. The summed E-state index contributed by atoms with van der Waals surface area (Å²) in [5.74, 6) is -0.167. The van der Waals surface area contributed by atoms with Crippen molar-refractivity contribution >= 4 is 0 Å². The van der Waals surface area contributed by atoms with Crippen LogP contribution in [0.1, 0.15) is 42.5 Å². The number of rotatable bonds is 6. The highest BCUT2D eigenvalue weighted by Gasteiger charge is 2.10. The molecule has 1 N–H and O–H groups in total. The molecule has 106 valence electrons. The number of aryl methyl sites for hydroxylation is 1. The van der Waals surface area contributed by atoms with Crippen molar-refractivity contribution in [3.63, 3.8) is 0 Å². The second kappa shape index (κ2) is 7.20. The third kappa shape index (κ3) is 3.91. The zero-order valence-electron chi connectivity index (χ0n) is 12.2. The Morgan fingerprint density at radius 3 is 2.55 bits per heavy atom. The van der Waals surface area contributed by atoms with Gasteiger partial charge in [-0.1, -0.05) is 49.7 Å². The molecule has 0 aromatic heterocycles. The summed E-state index contributed by atoms with van der Waals surface area (Å²) in [7, 11) is 0. The van der Waals surface area contributed by atoms with Crippen LogP contribution >= 0.6 is 0 Å². The van der Waals surface area contributed by atoms with E-state index in [2.05, 4.69) is 36.5 Å². The van der Waals surface area contributed by atoms with Crippen LogP contribution in [0.5, 0.6) is 0 Å². The average molecular weight is 271 g/mol. The molecule has 20 heavy (non-hydrogen) atoms. The lowest BCUT2D eigenvalue weighted by Gasteiger charge is -2.19. The minimum Gasteiger partial charge on any atom is -0.306 e. The minimum atomic E-state index is -0.167. The Balaban J connectivity index is 2.07. The molecule has 2 aromatic rings. The minimum absolute atomic E-state index is 0.167. The number of nitrogens with one attached hydrogen (secondary N) is 1. The first-order chi connectivity index (χ1) is 9.70. The van der Waals surface area contributed by atoms with Crippen LogP contribution in [0, 0.1) is 12.7 Å². The predicted molar refractivity (Wildman–Crippen MR) is 82.1 cm³/mol. The number of benzene rings is 2. The van der Waals surface area contributed by atoms with Gasteiger partial charge >= 0.3 is 0 Å². The normalized spacial score (nSPS) is 12.3. The van der Waals surface area contributed by atoms with Gasteiger partial charge in [0.2, 0.25) is 0 Å². The molecule has 1 unspecified atom stereocenters. The van der Waals surface area contributed by atoms with E-state index < -0.39 is 0 Å².